The molecule has 1 atom stereocenters. The van der Waals surface area contributed by atoms with E-state index in [4.69, 9.17) is 9.72 Å². The highest BCUT2D eigenvalue weighted by atomic mass is 16.5. The largest absolute Gasteiger partial charge is 0.465 e. The molecule has 0 bridgehead atoms. The number of nitrogens with zero attached hydrogens (tertiary/aromatic N) is 5. The number of methoxy groups -OCH3 is 1. The topological polar surface area (TPSA) is 104 Å². The first kappa shape index (κ1) is 20.5. The van der Waals surface area contributed by atoms with Gasteiger partial charge < -0.3 is 14.5 Å². The van der Waals surface area contributed by atoms with Gasteiger partial charge in [0.15, 0.2) is 0 Å². The van der Waals surface area contributed by atoms with Crippen LogP contribution in [0.3, 0.4) is 0 Å². The van der Waals surface area contributed by atoms with E-state index in [0.717, 1.165) is 5.69 Å². The molecule has 3 heterocycles. The molecular formula is C22H24N6O3. The van der Waals surface area contributed by atoms with E-state index >= 15 is 0 Å². The number of benzene rings is 1. The molecule has 1 aliphatic rings. The quantitative estimate of drug-likeness (QED) is 0.640. The van der Waals surface area contributed by atoms with Crippen LogP contribution in [-0.4, -0.2) is 58.7 Å². The van der Waals surface area contributed by atoms with Crippen LogP contribution in [0, 0.1) is 6.92 Å². The Balaban J connectivity index is 1.62. The van der Waals surface area contributed by atoms with E-state index in [1.165, 1.54) is 13.4 Å². The lowest BCUT2D eigenvalue weighted by Crippen LogP contribution is -2.53. The van der Waals surface area contributed by atoms with Gasteiger partial charge in [0.25, 0.3) is 5.56 Å². The van der Waals surface area contributed by atoms with Gasteiger partial charge in [0.2, 0.25) is 5.95 Å². The summed E-state index contributed by atoms with van der Waals surface area (Å²) in [7, 11) is 1.38. The van der Waals surface area contributed by atoms with Crippen molar-refractivity contribution in [2.45, 2.75) is 19.9 Å². The van der Waals surface area contributed by atoms with Crippen molar-refractivity contribution in [1.82, 2.24) is 19.9 Å². The Kier molecular flexibility index (Phi) is 5.66. The van der Waals surface area contributed by atoms with Crippen molar-refractivity contribution < 1.29 is 9.53 Å². The summed E-state index contributed by atoms with van der Waals surface area (Å²) < 4.78 is 4.93. The molecule has 0 unspecified atom stereocenters. The number of anilines is 2. The molecule has 1 saturated heterocycles. The fourth-order valence-corrected chi connectivity index (χ4v) is 3.86. The second-order valence-corrected chi connectivity index (χ2v) is 7.45. The van der Waals surface area contributed by atoms with Crippen LogP contribution in [-0.2, 0) is 4.74 Å². The molecule has 3 aromatic rings. The number of aromatic amines is 1. The Morgan fingerprint density at radius 2 is 2.03 bits per heavy atom. The molecule has 31 heavy (non-hydrogen) atoms. The van der Waals surface area contributed by atoms with E-state index in [2.05, 4.69) is 31.7 Å². The number of esters is 1. The summed E-state index contributed by atoms with van der Waals surface area (Å²) in [6, 6.07) is 9.21. The molecule has 160 valence electrons. The van der Waals surface area contributed by atoms with Crippen molar-refractivity contribution >= 4 is 17.6 Å². The van der Waals surface area contributed by atoms with Gasteiger partial charge in [-0.1, -0.05) is 12.1 Å². The fraction of sp³-hybridized carbons (Fsp3) is 0.318. The Morgan fingerprint density at radius 1 is 1.23 bits per heavy atom. The molecule has 1 aliphatic heterocycles. The maximum absolute atomic E-state index is 12.6. The number of carbonyl (C=O) groups is 1. The highest BCUT2D eigenvalue weighted by Crippen LogP contribution is 2.26. The average Bonchev–Trinajstić information content (AvgIpc) is 2.80. The summed E-state index contributed by atoms with van der Waals surface area (Å²) in [6.07, 6.45) is 3.07. The normalized spacial score (nSPS) is 16.3. The molecule has 1 aromatic carbocycles. The number of aromatic nitrogens is 4. The van der Waals surface area contributed by atoms with Crippen LogP contribution >= 0.6 is 0 Å². The number of ether oxygens (including phenoxy) is 1. The van der Waals surface area contributed by atoms with Crippen LogP contribution in [0.2, 0.25) is 0 Å². The zero-order valence-corrected chi connectivity index (χ0v) is 17.7. The van der Waals surface area contributed by atoms with Crippen LogP contribution in [0.25, 0.3) is 11.4 Å². The number of hydrogen-bond donors (Lipinski definition) is 1. The average molecular weight is 420 g/mol. The lowest BCUT2D eigenvalue weighted by Gasteiger charge is -2.41. The molecule has 1 fully saturated rings. The van der Waals surface area contributed by atoms with Gasteiger partial charge in [-0.25, -0.2) is 19.7 Å². The first-order valence-corrected chi connectivity index (χ1v) is 10.1. The van der Waals surface area contributed by atoms with Crippen LogP contribution in [0.4, 0.5) is 11.6 Å². The maximum atomic E-state index is 12.6. The lowest BCUT2D eigenvalue weighted by molar-refractivity contribution is 0.0601. The van der Waals surface area contributed by atoms with Gasteiger partial charge in [-0.3, -0.25) is 9.78 Å². The van der Waals surface area contributed by atoms with E-state index in [0.29, 0.717) is 48.1 Å². The third-order valence-electron chi connectivity index (χ3n) is 5.51. The van der Waals surface area contributed by atoms with Crippen molar-refractivity contribution in [2.24, 2.45) is 0 Å². The molecule has 2 aromatic heterocycles. The van der Waals surface area contributed by atoms with Crippen molar-refractivity contribution in [3.8, 4) is 11.4 Å². The molecule has 0 aliphatic carbocycles. The minimum atomic E-state index is -0.357. The lowest BCUT2D eigenvalue weighted by atomic mass is 10.1. The Labute approximate surface area is 179 Å². The van der Waals surface area contributed by atoms with Gasteiger partial charge in [0.1, 0.15) is 12.0 Å². The van der Waals surface area contributed by atoms with Crippen LogP contribution in [0.5, 0.6) is 0 Å². The summed E-state index contributed by atoms with van der Waals surface area (Å²) in [5.74, 6) is 0.155. The summed E-state index contributed by atoms with van der Waals surface area (Å²) >= 11 is 0. The Hall–Kier alpha value is -3.75. The molecule has 9 nitrogen and oxygen atoms in total. The summed E-state index contributed by atoms with van der Waals surface area (Å²) in [5, 5.41) is 0. The monoisotopic (exact) mass is 420 g/mol. The summed E-state index contributed by atoms with van der Waals surface area (Å²) in [5.41, 5.74) is 2.86. The van der Waals surface area contributed by atoms with E-state index in [1.54, 1.807) is 25.3 Å². The Bertz CT molecular complexity index is 1150. The van der Waals surface area contributed by atoms with Gasteiger partial charge in [-0.05, 0) is 32.0 Å². The second-order valence-electron chi connectivity index (χ2n) is 7.45. The number of para-hydroxylation sites is 1. The fourth-order valence-electron chi connectivity index (χ4n) is 3.86. The number of carbonyl (C=O) groups excluding carboxylic acids is 1. The molecule has 0 amide bonds. The van der Waals surface area contributed by atoms with Gasteiger partial charge in [-0.15, -0.1) is 0 Å². The van der Waals surface area contributed by atoms with E-state index in [-0.39, 0.29) is 17.6 Å². The molecular weight excluding hydrogens is 396 g/mol. The van der Waals surface area contributed by atoms with Crippen LogP contribution in [0.15, 0.2) is 47.7 Å². The number of nitrogens with one attached hydrogen (secondary N) is 1. The number of hydrogen-bond acceptors (Lipinski definition) is 8. The third-order valence-corrected chi connectivity index (χ3v) is 5.51. The molecule has 1 N–H and O–H groups in total. The zero-order valence-electron chi connectivity index (χ0n) is 17.7. The smallest absolute Gasteiger partial charge is 0.339 e. The minimum absolute atomic E-state index is 0.0450. The number of H-pyrrole nitrogens is 1. The minimum Gasteiger partial charge on any atom is -0.465 e. The summed E-state index contributed by atoms with van der Waals surface area (Å²) in [6.45, 7) is 5.76. The highest BCUT2D eigenvalue weighted by molar-refractivity contribution is 5.95. The SMILES string of the molecule is COC(=O)c1ccccc1N1CCN(c2nc(-c3ccncn3)c(C)c(=O)[nH]2)[C@H](C)C1. The molecule has 9 heteroatoms. The van der Waals surface area contributed by atoms with E-state index in [9.17, 15) is 9.59 Å². The van der Waals surface area contributed by atoms with Crippen molar-refractivity contribution in [3.05, 3.63) is 64.3 Å². The van der Waals surface area contributed by atoms with E-state index < -0.39 is 0 Å². The number of piperazine rings is 1. The standard InChI is InChI=1S/C22H24N6O3/c1-14-12-27(18-7-5-4-6-16(18)21(30)31-3)10-11-28(14)22-25-19(15(2)20(29)26-22)17-8-9-23-13-24-17/h4-9,13-14H,10-12H2,1-3H3,(H,25,26,29)/t14-/m1/s1. The van der Waals surface area contributed by atoms with Crippen molar-refractivity contribution in [1.29, 1.82) is 0 Å². The van der Waals surface area contributed by atoms with Crippen LogP contribution in [0.1, 0.15) is 22.8 Å². The first-order chi connectivity index (χ1) is 15.0. The second kappa shape index (κ2) is 8.55. The van der Waals surface area contributed by atoms with Crippen molar-refractivity contribution in [2.75, 3.05) is 36.5 Å². The van der Waals surface area contributed by atoms with Gasteiger partial charge in [0.05, 0.1) is 24.1 Å². The molecule has 0 saturated carbocycles. The van der Waals surface area contributed by atoms with Gasteiger partial charge in [-0.2, -0.15) is 0 Å². The summed E-state index contributed by atoms with van der Waals surface area (Å²) in [4.78, 5) is 44.8. The highest BCUT2D eigenvalue weighted by Gasteiger charge is 2.28. The predicted octanol–water partition coefficient (Wildman–Crippen LogP) is 2.04. The van der Waals surface area contributed by atoms with Gasteiger partial charge in [0, 0.05) is 37.4 Å². The zero-order chi connectivity index (χ0) is 22.0. The van der Waals surface area contributed by atoms with Crippen molar-refractivity contribution in [3.63, 3.8) is 0 Å². The first-order valence-electron chi connectivity index (χ1n) is 10.1. The molecule has 0 spiro atoms. The third kappa shape index (κ3) is 3.98. The predicted molar refractivity (Wildman–Crippen MR) is 117 cm³/mol. The van der Waals surface area contributed by atoms with Crippen LogP contribution < -0.4 is 15.4 Å². The Morgan fingerprint density at radius 3 is 2.74 bits per heavy atom. The molecule has 4 rings (SSSR count). The van der Waals surface area contributed by atoms with E-state index in [1.807, 2.05) is 18.2 Å². The molecule has 0 radical (unpaired) electrons. The van der Waals surface area contributed by atoms with Gasteiger partial charge >= 0.3 is 5.97 Å². The maximum Gasteiger partial charge on any atom is 0.339 e. The number of rotatable bonds is 4.